The van der Waals surface area contributed by atoms with Gasteiger partial charge in [-0.1, -0.05) is 38.1 Å². The molecule has 0 aliphatic carbocycles. The van der Waals surface area contributed by atoms with Gasteiger partial charge in [0, 0.05) is 25.4 Å². The van der Waals surface area contributed by atoms with Crippen LogP contribution in [0, 0.1) is 0 Å². The summed E-state index contributed by atoms with van der Waals surface area (Å²) in [6.07, 6.45) is 9.89. The van der Waals surface area contributed by atoms with Crippen molar-refractivity contribution >= 4 is 17.2 Å². The Morgan fingerprint density at radius 3 is 2.69 bits per heavy atom. The number of nitrogens with zero attached hydrogens (tertiary/aromatic N) is 1. The number of hydrogen-bond donors (Lipinski definition) is 0. The number of benzene rings is 1. The van der Waals surface area contributed by atoms with E-state index in [2.05, 4.69) is 61.7 Å². The predicted molar refractivity (Wildman–Crippen MR) is 111 cm³/mol. The molecule has 0 atom stereocenters. The second-order valence-electron chi connectivity index (χ2n) is 7.76. The third kappa shape index (κ3) is 4.87. The number of fused-ring (bicyclic) bond motifs is 1. The Bertz CT molecular complexity index is 753. The van der Waals surface area contributed by atoms with Gasteiger partial charge in [0.2, 0.25) is 0 Å². The third-order valence-corrected chi connectivity index (χ3v) is 5.14. The van der Waals surface area contributed by atoms with Gasteiger partial charge >= 0.3 is 5.97 Å². The Labute approximate surface area is 158 Å². The molecule has 1 aliphatic rings. The Kier molecular flexibility index (Phi) is 6.47. The fourth-order valence-corrected chi connectivity index (χ4v) is 3.40. The van der Waals surface area contributed by atoms with Crippen LogP contribution in [0.3, 0.4) is 0 Å². The molecule has 26 heavy (non-hydrogen) atoms. The van der Waals surface area contributed by atoms with E-state index in [0.717, 1.165) is 12.1 Å². The predicted octanol–water partition coefficient (Wildman–Crippen LogP) is 5.27. The van der Waals surface area contributed by atoms with Crippen molar-refractivity contribution in [2.45, 2.75) is 46.0 Å². The number of ether oxygens (including phenoxy) is 1. The standard InChI is InChI=1S/C23H31NO2/c1-17(15-22(25)26-6)9-7-10-18(2)19-11-12-21-20(16-19)23(3,4)13-8-14-24(21)5/h7,9-12,15-16H,8,13-14H2,1-6H3. The highest BCUT2D eigenvalue weighted by atomic mass is 16.5. The molecule has 1 aromatic rings. The number of carbonyl (C=O) groups excluding carboxylic acids is 1. The number of anilines is 1. The Hall–Kier alpha value is -2.29. The van der Waals surface area contributed by atoms with Gasteiger partial charge in [-0.05, 0) is 66.5 Å². The van der Waals surface area contributed by atoms with Gasteiger partial charge in [0.05, 0.1) is 7.11 Å². The number of methoxy groups -OCH3 is 1. The number of allylic oxidation sites excluding steroid dienone is 5. The van der Waals surface area contributed by atoms with Gasteiger partial charge < -0.3 is 9.64 Å². The van der Waals surface area contributed by atoms with Crippen molar-refractivity contribution in [1.29, 1.82) is 0 Å². The van der Waals surface area contributed by atoms with Crippen LogP contribution in [-0.4, -0.2) is 26.7 Å². The zero-order valence-corrected chi connectivity index (χ0v) is 16.9. The van der Waals surface area contributed by atoms with Crippen LogP contribution in [0.15, 0.2) is 48.1 Å². The van der Waals surface area contributed by atoms with E-state index in [9.17, 15) is 4.79 Å². The van der Waals surface area contributed by atoms with Crippen LogP contribution in [0.5, 0.6) is 0 Å². The molecule has 0 aromatic heterocycles. The average Bonchev–Trinajstić information content (AvgIpc) is 2.71. The quantitative estimate of drug-likeness (QED) is 0.419. The highest BCUT2D eigenvalue weighted by molar-refractivity contribution is 5.83. The summed E-state index contributed by atoms with van der Waals surface area (Å²) < 4.78 is 4.64. The van der Waals surface area contributed by atoms with Gasteiger partial charge in [-0.25, -0.2) is 4.79 Å². The van der Waals surface area contributed by atoms with Gasteiger partial charge in [0.1, 0.15) is 0 Å². The van der Waals surface area contributed by atoms with Crippen molar-refractivity contribution < 1.29 is 9.53 Å². The summed E-state index contributed by atoms with van der Waals surface area (Å²) >= 11 is 0. The van der Waals surface area contributed by atoms with E-state index >= 15 is 0 Å². The molecule has 0 bridgehead atoms. The molecule has 0 saturated heterocycles. The number of rotatable bonds is 4. The zero-order chi connectivity index (χ0) is 19.3. The maximum atomic E-state index is 11.2. The summed E-state index contributed by atoms with van der Waals surface area (Å²) in [5.74, 6) is -0.329. The van der Waals surface area contributed by atoms with Crippen LogP contribution in [0.2, 0.25) is 0 Å². The summed E-state index contributed by atoms with van der Waals surface area (Å²) in [5.41, 5.74) is 6.27. The van der Waals surface area contributed by atoms with E-state index in [-0.39, 0.29) is 11.4 Å². The van der Waals surface area contributed by atoms with E-state index in [0.29, 0.717) is 0 Å². The van der Waals surface area contributed by atoms with E-state index in [1.165, 1.54) is 48.4 Å². The summed E-state index contributed by atoms with van der Waals surface area (Å²) in [5, 5.41) is 0. The summed E-state index contributed by atoms with van der Waals surface area (Å²) in [7, 11) is 3.57. The van der Waals surface area contributed by atoms with Crippen molar-refractivity contribution in [2.24, 2.45) is 0 Å². The topological polar surface area (TPSA) is 29.5 Å². The molecule has 0 radical (unpaired) electrons. The van der Waals surface area contributed by atoms with Crippen LogP contribution in [0.1, 0.15) is 51.7 Å². The van der Waals surface area contributed by atoms with Crippen molar-refractivity contribution in [3.8, 4) is 0 Å². The normalized spacial score (nSPS) is 17.8. The Balaban J connectivity index is 2.28. The summed E-state index contributed by atoms with van der Waals surface area (Å²) in [6, 6.07) is 6.79. The lowest BCUT2D eigenvalue weighted by Gasteiger charge is -2.27. The van der Waals surface area contributed by atoms with Gasteiger partial charge in [-0.3, -0.25) is 0 Å². The minimum Gasteiger partial charge on any atom is -0.466 e. The monoisotopic (exact) mass is 353 g/mol. The lowest BCUT2D eigenvalue weighted by molar-refractivity contribution is -0.134. The van der Waals surface area contributed by atoms with E-state index in [1.807, 2.05) is 19.1 Å². The van der Waals surface area contributed by atoms with E-state index in [1.54, 1.807) is 0 Å². The summed E-state index contributed by atoms with van der Waals surface area (Å²) in [6.45, 7) is 9.80. The van der Waals surface area contributed by atoms with Crippen molar-refractivity contribution in [3.05, 3.63) is 59.2 Å². The van der Waals surface area contributed by atoms with Crippen molar-refractivity contribution in [3.63, 3.8) is 0 Å². The lowest BCUT2D eigenvalue weighted by atomic mass is 9.79. The molecule has 0 unspecified atom stereocenters. The largest absolute Gasteiger partial charge is 0.466 e. The first kappa shape index (κ1) is 20.0. The molecule has 0 spiro atoms. The van der Waals surface area contributed by atoms with Crippen molar-refractivity contribution in [2.75, 3.05) is 25.6 Å². The number of carbonyl (C=O) groups is 1. The first-order chi connectivity index (χ1) is 12.2. The lowest BCUT2D eigenvalue weighted by Crippen LogP contribution is -2.19. The third-order valence-electron chi connectivity index (χ3n) is 5.14. The molecule has 0 N–H and O–H groups in total. The molecule has 3 nitrogen and oxygen atoms in total. The molecular weight excluding hydrogens is 322 g/mol. The van der Waals surface area contributed by atoms with Crippen LogP contribution in [0.25, 0.3) is 5.57 Å². The highest BCUT2D eigenvalue weighted by Gasteiger charge is 2.28. The fourth-order valence-electron chi connectivity index (χ4n) is 3.40. The molecule has 0 saturated carbocycles. The number of esters is 1. The molecule has 1 heterocycles. The second-order valence-corrected chi connectivity index (χ2v) is 7.76. The van der Waals surface area contributed by atoms with E-state index in [4.69, 9.17) is 0 Å². The smallest absolute Gasteiger partial charge is 0.330 e. The van der Waals surface area contributed by atoms with Crippen molar-refractivity contribution in [1.82, 2.24) is 0 Å². The maximum Gasteiger partial charge on any atom is 0.330 e. The van der Waals surface area contributed by atoms with Crippen LogP contribution < -0.4 is 4.90 Å². The Morgan fingerprint density at radius 1 is 1.27 bits per heavy atom. The molecule has 1 aromatic carbocycles. The highest BCUT2D eigenvalue weighted by Crippen LogP contribution is 2.39. The zero-order valence-electron chi connectivity index (χ0n) is 16.9. The number of hydrogen-bond acceptors (Lipinski definition) is 3. The fraction of sp³-hybridized carbons (Fsp3) is 0.435. The first-order valence-electron chi connectivity index (χ1n) is 9.22. The van der Waals surface area contributed by atoms with Crippen LogP contribution >= 0.6 is 0 Å². The Morgan fingerprint density at radius 2 is 2.00 bits per heavy atom. The van der Waals surface area contributed by atoms with Gasteiger partial charge in [-0.15, -0.1) is 0 Å². The van der Waals surface area contributed by atoms with Crippen LogP contribution in [-0.2, 0) is 14.9 Å². The van der Waals surface area contributed by atoms with Crippen LogP contribution in [0.4, 0.5) is 5.69 Å². The maximum absolute atomic E-state index is 11.2. The molecule has 2 rings (SSSR count). The van der Waals surface area contributed by atoms with Gasteiger partial charge in [0.25, 0.3) is 0 Å². The SMILES string of the molecule is COC(=O)C=C(C)C=CC=C(C)c1ccc2c(c1)C(C)(C)CCCN2C. The second kappa shape index (κ2) is 8.39. The summed E-state index contributed by atoms with van der Waals surface area (Å²) in [4.78, 5) is 13.6. The minimum absolute atomic E-state index is 0.187. The average molecular weight is 354 g/mol. The van der Waals surface area contributed by atoms with E-state index < -0.39 is 0 Å². The molecule has 3 heteroatoms. The molecular formula is C23H31NO2. The first-order valence-corrected chi connectivity index (χ1v) is 9.22. The van der Waals surface area contributed by atoms with Gasteiger partial charge in [0.15, 0.2) is 0 Å². The van der Waals surface area contributed by atoms with Gasteiger partial charge in [-0.2, -0.15) is 0 Å². The molecule has 1 aliphatic heterocycles. The minimum atomic E-state index is -0.329. The molecule has 0 fully saturated rings. The molecule has 0 amide bonds. The molecule has 140 valence electrons.